The number of ether oxygens (including phenoxy) is 2. The summed E-state index contributed by atoms with van der Waals surface area (Å²) in [5, 5.41) is 2.94. The van der Waals surface area contributed by atoms with Gasteiger partial charge in [0.1, 0.15) is 6.10 Å². The van der Waals surface area contributed by atoms with Crippen molar-refractivity contribution < 1.29 is 19.1 Å². The number of benzene rings is 1. The molecule has 0 aliphatic carbocycles. The zero-order valence-electron chi connectivity index (χ0n) is 16.5. The smallest absolute Gasteiger partial charge is 0.253 e. The van der Waals surface area contributed by atoms with Gasteiger partial charge in [-0.15, -0.1) is 0 Å². The molecule has 0 unspecified atom stereocenters. The third kappa shape index (κ3) is 4.74. The number of hydrogen-bond acceptors (Lipinski definition) is 5. The van der Waals surface area contributed by atoms with E-state index in [1.165, 1.54) is 6.20 Å². The van der Waals surface area contributed by atoms with Crippen molar-refractivity contribution in [2.24, 2.45) is 0 Å². The van der Waals surface area contributed by atoms with Gasteiger partial charge in [-0.1, -0.05) is 17.7 Å². The van der Waals surface area contributed by atoms with Gasteiger partial charge in [0.2, 0.25) is 11.8 Å². The van der Waals surface area contributed by atoms with Crippen molar-refractivity contribution in [1.29, 1.82) is 0 Å². The van der Waals surface area contributed by atoms with E-state index in [4.69, 9.17) is 9.47 Å². The third-order valence-corrected chi connectivity index (χ3v) is 5.26. The van der Waals surface area contributed by atoms with Crippen LogP contribution in [0.5, 0.6) is 5.88 Å². The first-order chi connectivity index (χ1) is 14.1. The van der Waals surface area contributed by atoms with Crippen LogP contribution >= 0.6 is 0 Å². The van der Waals surface area contributed by atoms with Crippen LogP contribution in [0.2, 0.25) is 0 Å². The van der Waals surface area contributed by atoms with E-state index >= 15 is 0 Å². The first kappa shape index (κ1) is 19.4. The summed E-state index contributed by atoms with van der Waals surface area (Å²) >= 11 is 0. The Bertz CT molecular complexity index is 861. The van der Waals surface area contributed by atoms with Crippen LogP contribution in [0.1, 0.15) is 35.2 Å². The Balaban J connectivity index is 1.33. The van der Waals surface area contributed by atoms with Crippen LogP contribution in [0.3, 0.4) is 0 Å². The molecule has 1 aromatic carbocycles. The van der Waals surface area contributed by atoms with Crippen LogP contribution in [-0.4, -0.2) is 48.7 Å². The van der Waals surface area contributed by atoms with Gasteiger partial charge in [0, 0.05) is 43.8 Å². The standard InChI is InChI=1S/C22H25N3O4/c1-15-2-5-18(6-3-15)25-14-17(12-21(25)26)24-22(27)16-4-7-20(23-13-16)29-19-8-10-28-11-9-19/h2-7,13,17,19H,8-12,14H2,1H3,(H,24,27)/t17-/m0/s1. The highest BCUT2D eigenvalue weighted by Gasteiger charge is 2.31. The molecule has 2 aromatic rings. The van der Waals surface area contributed by atoms with E-state index in [-0.39, 0.29) is 30.4 Å². The predicted octanol–water partition coefficient (Wildman–Crippen LogP) is 2.48. The van der Waals surface area contributed by atoms with Gasteiger partial charge in [-0.25, -0.2) is 4.98 Å². The topological polar surface area (TPSA) is 80.8 Å². The molecule has 7 nitrogen and oxygen atoms in total. The summed E-state index contributed by atoms with van der Waals surface area (Å²) in [6, 6.07) is 11.0. The lowest BCUT2D eigenvalue weighted by Crippen LogP contribution is -2.37. The fourth-order valence-corrected chi connectivity index (χ4v) is 3.60. The average Bonchev–Trinajstić information content (AvgIpc) is 3.10. The second kappa shape index (κ2) is 8.61. The van der Waals surface area contributed by atoms with Crippen molar-refractivity contribution in [3.05, 3.63) is 53.7 Å². The Labute approximate surface area is 170 Å². The summed E-state index contributed by atoms with van der Waals surface area (Å²) in [6.07, 6.45) is 3.60. The van der Waals surface area contributed by atoms with Crippen LogP contribution in [-0.2, 0) is 9.53 Å². The third-order valence-electron chi connectivity index (χ3n) is 5.26. The molecule has 1 aromatic heterocycles. The highest BCUT2D eigenvalue weighted by molar-refractivity contribution is 5.98. The SMILES string of the molecule is Cc1ccc(N2C[C@@H](NC(=O)c3ccc(OC4CCOCC4)nc3)CC2=O)cc1. The largest absolute Gasteiger partial charge is 0.474 e. The molecule has 4 rings (SSSR count). The van der Waals surface area contributed by atoms with Crippen molar-refractivity contribution >= 4 is 17.5 Å². The Kier molecular flexibility index (Phi) is 5.76. The van der Waals surface area contributed by atoms with E-state index in [2.05, 4.69) is 10.3 Å². The van der Waals surface area contributed by atoms with Crippen LogP contribution in [0.4, 0.5) is 5.69 Å². The van der Waals surface area contributed by atoms with Crippen molar-refractivity contribution in [1.82, 2.24) is 10.3 Å². The molecule has 0 radical (unpaired) electrons. The predicted molar refractivity (Wildman–Crippen MR) is 108 cm³/mol. The fourth-order valence-electron chi connectivity index (χ4n) is 3.60. The summed E-state index contributed by atoms with van der Waals surface area (Å²) in [5.74, 6) is 0.284. The maximum absolute atomic E-state index is 12.6. The quantitative estimate of drug-likeness (QED) is 0.841. The molecule has 1 N–H and O–H groups in total. The zero-order valence-corrected chi connectivity index (χ0v) is 16.5. The molecule has 2 aliphatic rings. The lowest BCUT2D eigenvalue weighted by molar-refractivity contribution is -0.117. The molecular formula is C22H25N3O4. The average molecular weight is 395 g/mol. The molecule has 7 heteroatoms. The monoisotopic (exact) mass is 395 g/mol. The Morgan fingerprint density at radius 3 is 2.62 bits per heavy atom. The molecule has 1 atom stereocenters. The summed E-state index contributed by atoms with van der Waals surface area (Å²) in [7, 11) is 0. The fraction of sp³-hybridized carbons (Fsp3) is 0.409. The second-order valence-corrected chi connectivity index (χ2v) is 7.53. The Morgan fingerprint density at radius 1 is 1.17 bits per heavy atom. The highest BCUT2D eigenvalue weighted by Crippen LogP contribution is 2.22. The zero-order chi connectivity index (χ0) is 20.2. The Morgan fingerprint density at radius 2 is 1.93 bits per heavy atom. The maximum atomic E-state index is 12.6. The van der Waals surface area contributed by atoms with Crippen LogP contribution in [0, 0.1) is 6.92 Å². The number of carbonyl (C=O) groups is 2. The molecule has 2 saturated heterocycles. The minimum Gasteiger partial charge on any atom is -0.474 e. The first-order valence-corrected chi connectivity index (χ1v) is 9.97. The Hall–Kier alpha value is -2.93. The first-order valence-electron chi connectivity index (χ1n) is 9.97. The van der Waals surface area contributed by atoms with Gasteiger partial charge in [0.05, 0.1) is 24.8 Å². The molecule has 2 fully saturated rings. The van der Waals surface area contributed by atoms with Gasteiger partial charge < -0.3 is 19.7 Å². The molecule has 0 spiro atoms. The van der Waals surface area contributed by atoms with Crippen molar-refractivity contribution in [3.63, 3.8) is 0 Å². The number of hydrogen-bond donors (Lipinski definition) is 1. The number of nitrogens with zero attached hydrogens (tertiary/aromatic N) is 2. The van der Waals surface area contributed by atoms with E-state index in [9.17, 15) is 9.59 Å². The maximum Gasteiger partial charge on any atom is 0.253 e. The molecule has 152 valence electrons. The van der Waals surface area contributed by atoms with E-state index in [0.717, 1.165) is 24.1 Å². The van der Waals surface area contributed by atoms with Gasteiger partial charge in [0.25, 0.3) is 5.91 Å². The minimum atomic E-state index is -0.237. The van der Waals surface area contributed by atoms with E-state index in [0.29, 0.717) is 31.2 Å². The van der Waals surface area contributed by atoms with Crippen molar-refractivity contribution in [3.8, 4) is 5.88 Å². The van der Waals surface area contributed by atoms with Crippen LogP contribution in [0.25, 0.3) is 0 Å². The highest BCUT2D eigenvalue weighted by atomic mass is 16.5. The normalized spacial score (nSPS) is 20.0. The van der Waals surface area contributed by atoms with Gasteiger partial charge in [0.15, 0.2) is 0 Å². The number of aryl methyl sites for hydroxylation is 1. The van der Waals surface area contributed by atoms with Crippen molar-refractivity contribution in [2.75, 3.05) is 24.7 Å². The number of rotatable bonds is 5. The molecule has 29 heavy (non-hydrogen) atoms. The van der Waals surface area contributed by atoms with Crippen LogP contribution < -0.4 is 15.0 Å². The number of amides is 2. The van der Waals surface area contributed by atoms with E-state index < -0.39 is 0 Å². The molecule has 2 aliphatic heterocycles. The molecule has 0 saturated carbocycles. The summed E-state index contributed by atoms with van der Waals surface area (Å²) < 4.78 is 11.2. The van der Waals surface area contributed by atoms with Gasteiger partial charge in [-0.2, -0.15) is 0 Å². The lowest BCUT2D eigenvalue weighted by atomic mass is 10.1. The lowest BCUT2D eigenvalue weighted by Gasteiger charge is -2.22. The number of carbonyl (C=O) groups excluding carboxylic acids is 2. The summed E-state index contributed by atoms with van der Waals surface area (Å²) in [6.45, 7) is 3.87. The minimum absolute atomic E-state index is 0.0116. The number of anilines is 1. The van der Waals surface area contributed by atoms with Crippen molar-refractivity contribution in [2.45, 2.75) is 38.3 Å². The van der Waals surface area contributed by atoms with Gasteiger partial charge >= 0.3 is 0 Å². The number of nitrogens with one attached hydrogen (secondary N) is 1. The number of pyridine rings is 1. The van der Waals surface area contributed by atoms with Gasteiger partial charge in [-0.3, -0.25) is 9.59 Å². The summed E-state index contributed by atoms with van der Waals surface area (Å²) in [5.41, 5.74) is 2.45. The molecular weight excluding hydrogens is 370 g/mol. The molecule has 0 bridgehead atoms. The second-order valence-electron chi connectivity index (χ2n) is 7.53. The van der Waals surface area contributed by atoms with E-state index in [1.807, 2.05) is 31.2 Å². The van der Waals surface area contributed by atoms with Crippen LogP contribution in [0.15, 0.2) is 42.6 Å². The molecule has 2 amide bonds. The van der Waals surface area contributed by atoms with E-state index in [1.54, 1.807) is 17.0 Å². The summed E-state index contributed by atoms with van der Waals surface area (Å²) in [4.78, 5) is 30.9. The number of aromatic nitrogens is 1. The molecule has 3 heterocycles. The van der Waals surface area contributed by atoms with Gasteiger partial charge in [-0.05, 0) is 25.1 Å².